The summed E-state index contributed by atoms with van der Waals surface area (Å²) in [5.74, 6) is 1.68. The van der Waals surface area contributed by atoms with E-state index in [1.165, 1.54) is 43.7 Å². The number of amides is 1. The van der Waals surface area contributed by atoms with E-state index in [1.807, 2.05) is 18.2 Å². The van der Waals surface area contributed by atoms with Crippen molar-refractivity contribution in [2.75, 3.05) is 38.6 Å². The minimum Gasteiger partial charge on any atom is -0.381 e. The zero-order chi connectivity index (χ0) is 17.3. The van der Waals surface area contributed by atoms with Crippen LogP contribution in [0, 0.1) is 5.92 Å². The third kappa shape index (κ3) is 6.32. The molecule has 2 heterocycles. The van der Waals surface area contributed by atoms with E-state index in [-0.39, 0.29) is 5.91 Å². The van der Waals surface area contributed by atoms with Crippen molar-refractivity contribution in [1.29, 1.82) is 0 Å². The van der Waals surface area contributed by atoms with E-state index in [9.17, 15) is 4.79 Å². The molecule has 2 saturated heterocycles. The standard InChI is InChI=1S/C20H30N2O2S/c23-20(10-15-25-19-4-2-1-3-5-19)21-16-17-6-11-22(12-7-17)18-8-13-24-14-9-18/h1-5,17-18H,6-16H2,(H,21,23). The lowest BCUT2D eigenvalue weighted by Gasteiger charge is -2.39. The molecule has 0 saturated carbocycles. The van der Waals surface area contributed by atoms with Crippen molar-refractivity contribution in [3.63, 3.8) is 0 Å². The molecule has 0 aromatic heterocycles. The maximum Gasteiger partial charge on any atom is 0.220 e. The second-order valence-electron chi connectivity index (χ2n) is 7.04. The number of rotatable bonds is 7. The summed E-state index contributed by atoms with van der Waals surface area (Å²) in [4.78, 5) is 15.9. The fraction of sp³-hybridized carbons (Fsp3) is 0.650. The van der Waals surface area contributed by atoms with Crippen LogP contribution in [0.15, 0.2) is 35.2 Å². The summed E-state index contributed by atoms with van der Waals surface area (Å²) in [6, 6.07) is 11.0. The third-order valence-electron chi connectivity index (χ3n) is 5.29. The Hall–Kier alpha value is -1.04. The zero-order valence-corrected chi connectivity index (χ0v) is 15.8. The number of carbonyl (C=O) groups is 1. The van der Waals surface area contributed by atoms with Crippen molar-refractivity contribution in [3.05, 3.63) is 30.3 Å². The van der Waals surface area contributed by atoms with Crippen LogP contribution in [0.5, 0.6) is 0 Å². The second kappa shape index (κ2) is 10.2. The molecule has 2 fully saturated rings. The molecule has 138 valence electrons. The lowest BCUT2D eigenvalue weighted by Crippen LogP contribution is -2.45. The fourth-order valence-corrected chi connectivity index (χ4v) is 4.57. The van der Waals surface area contributed by atoms with E-state index in [2.05, 4.69) is 22.3 Å². The lowest BCUT2D eigenvalue weighted by molar-refractivity contribution is -0.120. The molecule has 2 aliphatic heterocycles. The highest BCUT2D eigenvalue weighted by molar-refractivity contribution is 7.99. The third-order valence-corrected chi connectivity index (χ3v) is 6.30. The van der Waals surface area contributed by atoms with Gasteiger partial charge in [-0.05, 0) is 56.8 Å². The average Bonchev–Trinajstić information content (AvgIpc) is 2.68. The molecule has 1 N–H and O–H groups in total. The molecule has 1 aromatic carbocycles. The van der Waals surface area contributed by atoms with Crippen molar-refractivity contribution in [2.24, 2.45) is 5.92 Å². The van der Waals surface area contributed by atoms with Gasteiger partial charge in [0.2, 0.25) is 5.91 Å². The van der Waals surface area contributed by atoms with Crippen LogP contribution in [0.1, 0.15) is 32.1 Å². The predicted octanol–water partition coefficient (Wildman–Crippen LogP) is 3.18. The van der Waals surface area contributed by atoms with Crippen molar-refractivity contribution in [2.45, 2.75) is 43.0 Å². The van der Waals surface area contributed by atoms with Gasteiger partial charge in [-0.1, -0.05) is 18.2 Å². The first-order valence-electron chi connectivity index (χ1n) is 9.57. The highest BCUT2D eigenvalue weighted by Gasteiger charge is 2.26. The van der Waals surface area contributed by atoms with Crippen molar-refractivity contribution in [3.8, 4) is 0 Å². The lowest BCUT2D eigenvalue weighted by atomic mass is 9.94. The number of benzene rings is 1. The molecule has 4 nitrogen and oxygen atoms in total. The normalized spacial score (nSPS) is 20.5. The molecule has 0 unspecified atom stereocenters. The van der Waals surface area contributed by atoms with Gasteiger partial charge in [0.1, 0.15) is 0 Å². The Balaban J connectivity index is 1.27. The highest BCUT2D eigenvalue weighted by atomic mass is 32.2. The minimum absolute atomic E-state index is 0.190. The molecule has 0 radical (unpaired) electrons. The van der Waals surface area contributed by atoms with Crippen LogP contribution in [-0.2, 0) is 9.53 Å². The van der Waals surface area contributed by atoms with Gasteiger partial charge >= 0.3 is 0 Å². The molecule has 3 rings (SSSR count). The molecule has 1 amide bonds. The largest absolute Gasteiger partial charge is 0.381 e. The van der Waals surface area contributed by atoms with Gasteiger partial charge in [-0.2, -0.15) is 0 Å². The van der Waals surface area contributed by atoms with E-state index >= 15 is 0 Å². The van der Waals surface area contributed by atoms with Crippen LogP contribution >= 0.6 is 11.8 Å². The number of thioether (sulfide) groups is 1. The molecule has 0 bridgehead atoms. The molecule has 2 aliphatic rings. The van der Waals surface area contributed by atoms with Gasteiger partial charge in [-0.15, -0.1) is 11.8 Å². The molecule has 25 heavy (non-hydrogen) atoms. The Morgan fingerprint density at radius 2 is 1.84 bits per heavy atom. The Morgan fingerprint density at radius 1 is 1.12 bits per heavy atom. The number of piperidine rings is 1. The fourth-order valence-electron chi connectivity index (χ4n) is 3.70. The van der Waals surface area contributed by atoms with E-state index in [4.69, 9.17) is 4.74 Å². The Kier molecular flexibility index (Phi) is 7.64. The summed E-state index contributed by atoms with van der Waals surface area (Å²) in [5, 5.41) is 3.14. The van der Waals surface area contributed by atoms with Gasteiger partial charge in [0.25, 0.3) is 0 Å². The van der Waals surface area contributed by atoms with Gasteiger partial charge in [-0.25, -0.2) is 0 Å². The van der Waals surface area contributed by atoms with Crippen LogP contribution in [0.4, 0.5) is 0 Å². The van der Waals surface area contributed by atoms with Crippen LogP contribution < -0.4 is 5.32 Å². The first-order valence-corrected chi connectivity index (χ1v) is 10.6. The molecule has 1 aromatic rings. The SMILES string of the molecule is O=C(CCSc1ccccc1)NCC1CCN(C2CCOCC2)CC1. The summed E-state index contributed by atoms with van der Waals surface area (Å²) in [5.41, 5.74) is 0. The predicted molar refractivity (Wildman–Crippen MR) is 103 cm³/mol. The summed E-state index contributed by atoms with van der Waals surface area (Å²) in [6.45, 7) is 5.03. The maximum atomic E-state index is 12.0. The van der Waals surface area contributed by atoms with Crippen LogP contribution in [0.2, 0.25) is 0 Å². The van der Waals surface area contributed by atoms with Gasteiger partial charge in [-0.3, -0.25) is 4.79 Å². The zero-order valence-electron chi connectivity index (χ0n) is 15.0. The van der Waals surface area contributed by atoms with E-state index < -0.39 is 0 Å². The van der Waals surface area contributed by atoms with Crippen LogP contribution in [0.25, 0.3) is 0 Å². The van der Waals surface area contributed by atoms with Crippen LogP contribution in [-0.4, -0.2) is 55.4 Å². The molecule has 0 atom stereocenters. The Bertz CT molecular complexity index is 512. The number of likely N-dealkylation sites (tertiary alicyclic amines) is 1. The number of hydrogen-bond acceptors (Lipinski definition) is 4. The minimum atomic E-state index is 0.190. The maximum absolute atomic E-state index is 12.0. The van der Waals surface area contributed by atoms with Crippen molar-refractivity contribution >= 4 is 17.7 Å². The number of carbonyl (C=O) groups excluding carboxylic acids is 1. The van der Waals surface area contributed by atoms with Gasteiger partial charge in [0, 0.05) is 42.9 Å². The van der Waals surface area contributed by atoms with Crippen LogP contribution in [0.3, 0.4) is 0 Å². The summed E-state index contributed by atoms with van der Waals surface area (Å²) < 4.78 is 5.46. The average molecular weight is 363 g/mol. The van der Waals surface area contributed by atoms with Crippen molar-refractivity contribution in [1.82, 2.24) is 10.2 Å². The van der Waals surface area contributed by atoms with Gasteiger partial charge in [0.05, 0.1) is 0 Å². The first-order chi connectivity index (χ1) is 12.3. The summed E-state index contributed by atoms with van der Waals surface area (Å²) in [6.07, 6.45) is 5.37. The quantitative estimate of drug-likeness (QED) is 0.757. The Morgan fingerprint density at radius 3 is 2.56 bits per heavy atom. The van der Waals surface area contributed by atoms with Crippen molar-refractivity contribution < 1.29 is 9.53 Å². The first kappa shape index (κ1) is 18.7. The molecular formula is C20H30N2O2S. The monoisotopic (exact) mass is 362 g/mol. The summed E-state index contributed by atoms with van der Waals surface area (Å²) in [7, 11) is 0. The smallest absolute Gasteiger partial charge is 0.220 e. The van der Waals surface area contributed by atoms with Gasteiger partial charge in [0.15, 0.2) is 0 Å². The van der Waals surface area contributed by atoms with E-state index in [1.54, 1.807) is 11.8 Å². The summed E-state index contributed by atoms with van der Waals surface area (Å²) >= 11 is 1.75. The second-order valence-corrected chi connectivity index (χ2v) is 8.21. The number of ether oxygens (including phenoxy) is 1. The highest BCUT2D eigenvalue weighted by Crippen LogP contribution is 2.23. The van der Waals surface area contributed by atoms with E-state index in [0.29, 0.717) is 12.3 Å². The topological polar surface area (TPSA) is 41.6 Å². The van der Waals surface area contributed by atoms with Gasteiger partial charge < -0.3 is 15.0 Å². The number of nitrogens with zero attached hydrogens (tertiary/aromatic N) is 1. The Labute approximate surface area is 155 Å². The molecule has 0 aliphatic carbocycles. The van der Waals surface area contributed by atoms with E-state index in [0.717, 1.165) is 31.6 Å². The molecule has 0 spiro atoms. The molecular weight excluding hydrogens is 332 g/mol. The number of hydrogen-bond donors (Lipinski definition) is 1. The number of nitrogens with one attached hydrogen (secondary N) is 1. The molecule has 5 heteroatoms.